The van der Waals surface area contributed by atoms with Gasteiger partial charge in [-0.2, -0.15) is 0 Å². The molecule has 2 heterocycles. The number of likely N-dealkylation sites (N-methyl/N-ethyl adjacent to an activating group) is 1. The quantitative estimate of drug-likeness (QED) is 0.315. The molecule has 0 aromatic heterocycles. The van der Waals surface area contributed by atoms with E-state index in [1.807, 2.05) is 34.6 Å². The number of aliphatic carboxylic acids is 1. The summed E-state index contributed by atoms with van der Waals surface area (Å²) < 4.78 is -0.284. The van der Waals surface area contributed by atoms with Gasteiger partial charge in [0.15, 0.2) is 5.78 Å². The number of amides is 4. The fraction of sp³-hybridized carbons (Fsp3) is 0.741. The zero-order valence-corrected chi connectivity index (χ0v) is 23.0. The minimum absolute atomic E-state index is 0.00886. The molecule has 0 radical (unpaired) electrons. The lowest BCUT2D eigenvalue weighted by atomic mass is 9.83. The van der Waals surface area contributed by atoms with Gasteiger partial charge >= 0.3 is 17.9 Å². The summed E-state index contributed by atoms with van der Waals surface area (Å²) in [6.07, 6.45) is 4.30. The summed E-state index contributed by atoms with van der Waals surface area (Å²) in [6.45, 7) is 13.6. The van der Waals surface area contributed by atoms with E-state index in [2.05, 4.69) is 17.2 Å². The zero-order chi connectivity index (χ0) is 27.9. The maximum absolute atomic E-state index is 13.8. The Morgan fingerprint density at radius 3 is 2.19 bits per heavy atom. The van der Waals surface area contributed by atoms with E-state index in [1.165, 1.54) is 4.90 Å². The van der Waals surface area contributed by atoms with Crippen LogP contribution in [0.15, 0.2) is 12.7 Å². The average molecular weight is 520 g/mol. The zero-order valence-electron chi connectivity index (χ0n) is 23.0. The minimum atomic E-state index is -1.06. The van der Waals surface area contributed by atoms with E-state index < -0.39 is 41.6 Å². The second kappa shape index (κ2) is 10.6. The van der Waals surface area contributed by atoms with Crippen LogP contribution in [0.3, 0.4) is 0 Å². The lowest BCUT2D eigenvalue weighted by Crippen LogP contribution is -2.76. The first-order valence-electron chi connectivity index (χ1n) is 13.3. The van der Waals surface area contributed by atoms with Crippen molar-refractivity contribution in [1.29, 1.82) is 0 Å². The van der Waals surface area contributed by atoms with Crippen molar-refractivity contribution in [2.24, 2.45) is 23.2 Å². The molecule has 3 rings (SSSR count). The molecule has 0 aromatic carbocycles. The van der Waals surface area contributed by atoms with Crippen molar-refractivity contribution in [3.63, 3.8) is 0 Å². The monoisotopic (exact) mass is 519 g/mol. The van der Waals surface area contributed by atoms with Crippen LogP contribution in [-0.2, 0) is 19.2 Å². The highest BCUT2D eigenvalue weighted by atomic mass is 16.4. The summed E-state index contributed by atoms with van der Waals surface area (Å²) >= 11 is 0. The molecule has 3 aliphatic rings. The SMILES string of the molecule is C=CC1C[N+](C)(C(=O)[C@@H]2CCCN2C(=O)[C@@H](NC(=O)N[C@H](C(=O)C2CC2)C(C)C)C(C)(C)C)[C@H]1C(=O)O. The van der Waals surface area contributed by atoms with Gasteiger partial charge in [-0.05, 0) is 37.0 Å². The van der Waals surface area contributed by atoms with Crippen LogP contribution >= 0.6 is 0 Å². The van der Waals surface area contributed by atoms with Gasteiger partial charge in [-0.15, -0.1) is 6.58 Å². The molecule has 3 N–H and O–H groups in total. The molecule has 0 spiro atoms. The Balaban J connectivity index is 1.76. The number of carboxylic acid groups (broad SMARTS) is 1. The predicted octanol–water partition coefficient (Wildman–Crippen LogP) is 1.94. The van der Waals surface area contributed by atoms with E-state index in [0.29, 0.717) is 25.9 Å². The average Bonchev–Trinajstić information content (AvgIpc) is 3.52. The molecule has 6 atom stereocenters. The van der Waals surface area contributed by atoms with E-state index in [-0.39, 0.29) is 39.8 Å². The summed E-state index contributed by atoms with van der Waals surface area (Å²) in [5, 5.41) is 15.3. The fourth-order valence-corrected chi connectivity index (χ4v) is 5.74. The molecule has 1 saturated carbocycles. The number of nitrogens with zero attached hydrogens (tertiary/aromatic N) is 2. The van der Waals surface area contributed by atoms with Crippen LogP contribution in [-0.4, -0.2) is 88.4 Å². The molecule has 0 bridgehead atoms. The van der Waals surface area contributed by atoms with Gasteiger partial charge in [0.25, 0.3) is 0 Å². The predicted molar refractivity (Wildman–Crippen MR) is 137 cm³/mol. The molecule has 2 saturated heterocycles. The third kappa shape index (κ3) is 5.73. The number of carbonyl (C=O) groups is 5. The van der Waals surface area contributed by atoms with Gasteiger partial charge in [-0.1, -0.05) is 40.7 Å². The maximum Gasteiger partial charge on any atom is 0.363 e. The summed E-state index contributed by atoms with van der Waals surface area (Å²) in [6, 6.07) is -3.86. The van der Waals surface area contributed by atoms with E-state index in [1.54, 1.807) is 13.1 Å². The normalized spacial score (nSPS) is 29.2. The van der Waals surface area contributed by atoms with E-state index in [4.69, 9.17) is 0 Å². The highest BCUT2D eigenvalue weighted by molar-refractivity contribution is 5.94. The third-order valence-corrected chi connectivity index (χ3v) is 8.12. The lowest BCUT2D eigenvalue weighted by Gasteiger charge is -2.50. The van der Waals surface area contributed by atoms with Crippen LogP contribution in [0.2, 0.25) is 0 Å². The molecule has 10 nitrogen and oxygen atoms in total. The van der Waals surface area contributed by atoms with E-state index in [0.717, 1.165) is 12.8 Å². The highest BCUT2D eigenvalue weighted by Crippen LogP contribution is 2.37. The van der Waals surface area contributed by atoms with Gasteiger partial charge in [0, 0.05) is 12.5 Å². The van der Waals surface area contributed by atoms with Gasteiger partial charge in [0.2, 0.25) is 11.9 Å². The Morgan fingerprint density at radius 2 is 1.70 bits per heavy atom. The minimum Gasteiger partial charge on any atom is -0.477 e. The molecule has 0 aromatic rings. The Kier molecular flexibility index (Phi) is 8.22. The Bertz CT molecular complexity index is 968. The second-order valence-electron chi connectivity index (χ2n) is 12.5. The van der Waals surface area contributed by atoms with Crippen molar-refractivity contribution in [3.05, 3.63) is 12.7 Å². The number of likely N-dealkylation sites (tertiary alicyclic amines) is 2. The second-order valence-corrected chi connectivity index (χ2v) is 12.5. The first-order valence-corrected chi connectivity index (χ1v) is 13.3. The van der Waals surface area contributed by atoms with Gasteiger partial charge in [-0.25, -0.2) is 18.9 Å². The first-order chi connectivity index (χ1) is 17.1. The Morgan fingerprint density at radius 1 is 1.08 bits per heavy atom. The van der Waals surface area contributed by atoms with Crippen molar-refractivity contribution < 1.29 is 33.6 Å². The summed E-state index contributed by atoms with van der Waals surface area (Å²) in [7, 11) is 1.61. The smallest absolute Gasteiger partial charge is 0.363 e. The summed E-state index contributed by atoms with van der Waals surface area (Å²) in [5.74, 6) is -2.13. The lowest BCUT2D eigenvalue weighted by molar-refractivity contribution is -0.903. The Labute approximate surface area is 219 Å². The number of ketones is 1. The molecular formula is C27H43N4O6+. The van der Waals surface area contributed by atoms with Gasteiger partial charge in [0.05, 0.1) is 25.6 Å². The number of urea groups is 1. The molecule has 1 aliphatic carbocycles. The standard InChI is InChI=1S/C27H42N4O6/c1-8-16-14-31(7,20(16)25(35)36)24(34)18-10-9-13-30(18)23(33)22(27(4,5)6)29-26(37)28-19(15(2)3)21(32)17-11-12-17/h8,15-20,22H,1,9-14H2,2-7H3,(H2-,28,29,35,36,37)/p+1/t16?,18-,19-,20+,22+,31?/m0/s1. The van der Waals surface area contributed by atoms with Crippen molar-refractivity contribution in [2.75, 3.05) is 20.1 Å². The number of rotatable bonds is 9. The van der Waals surface area contributed by atoms with Crippen LogP contribution in [0.25, 0.3) is 0 Å². The number of carboxylic acids is 1. The molecular weight excluding hydrogens is 476 g/mol. The van der Waals surface area contributed by atoms with Crippen LogP contribution in [0.5, 0.6) is 0 Å². The summed E-state index contributed by atoms with van der Waals surface area (Å²) in [4.78, 5) is 66.5. The van der Waals surface area contributed by atoms with Crippen LogP contribution in [0.1, 0.15) is 60.3 Å². The number of nitrogens with one attached hydrogen (secondary N) is 2. The van der Waals surface area contributed by atoms with Gasteiger partial charge in [0.1, 0.15) is 12.1 Å². The van der Waals surface area contributed by atoms with E-state index in [9.17, 15) is 29.1 Å². The van der Waals surface area contributed by atoms with Crippen molar-refractivity contribution in [1.82, 2.24) is 15.5 Å². The number of Topliss-reactive ketones (excluding diaryl/α,β-unsaturated/α-hetero) is 1. The van der Waals surface area contributed by atoms with Crippen LogP contribution in [0, 0.1) is 23.2 Å². The van der Waals surface area contributed by atoms with Crippen molar-refractivity contribution in [2.45, 2.75) is 84.5 Å². The van der Waals surface area contributed by atoms with Gasteiger partial charge in [-0.3, -0.25) is 9.59 Å². The molecule has 10 heteroatoms. The molecule has 206 valence electrons. The van der Waals surface area contributed by atoms with Crippen molar-refractivity contribution in [3.8, 4) is 0 Å². The Hall–Kier alpha value is -2.75. The number of hydrogen-bond donors (Lipinski definition) is 3. The maximum atomic E-state index is 13.8. The summed E-state index contributed by atoms with van der Waals surface area (Å²) in [5.41, 5.74) is -0.675. The number of carbonyl (C=O) groups excluding carboxylic acids is 4. The molecule has 4 amide bonds. The molecule has 2 aliphatic heterocycles. The molecule has 3 fully saturated rings. The van der Waals surface area contributed by atoms with E-state index >= 15 is 0 Å². The van der Waals surface area contributed by atoms with Gasteiger partial charge < -0.3 is 20.6 Å². The molecule has 37 heavy (non-hydrogen) atoms. The highest BCUT2D eigenvalue weighted by Gasteiger charge is 2.62. The van der Waals surface area contributed by atoms with Crippen molar-refractivity contribution >= 4 is 29.6 Å². The van der Waals surface area contributed by atoms with Crippen LogP contribution in [0.4, 0.5) is 4.79 Å². The number of quaternary nitrogens is 1. The van der Waals surface area contributed by atoms with Crippen LogP contribution < -0.4 is 10.6 Å². The largest absolute Gasteiger partial charge is 0.477 e. The first kappa shape index (κ1) is 28.8. The number of hydrogen-bond acceptors (Lipinski definition) is 5. The topological polar surface area (TPSA) is 133 Å². The third-order valence-electron chi connectivity index (χ3n) is 8.12. The molecule has 2 unspecified atom stereocenters. The fourth-order valence-electron chi connectivity index (χ4n) is 5.74.